The van der Waals surface area contributed by atoms with Gasteiger partial charge in [0.2, 0.25) is 0 Å². The van der Waals surface area contributed by atoms with Gasteiger partial charge in [-0.15, -0.1) is 22.5 Å². The Morgan fingerprint density at radius 3 is 2.30 bits per heavy atom. The van der Waals surface area contributed by atoms with Crippen LogP contribution in [0.2, 0.25) is 0 Å². The predicted molar refractivity (Wildman–Crippen MR) is 166 cm³/mol. The maximum Gasteiger partial charge on any atom is 0.148 e. The highest BCUT2D eigenvalue weighted by molar-refractivity contribution is 8.25. The molecule has 1 aromatic heterocycles. The van der Waals surface area contributed by atoms with Gasteiger partial charge in [0.25, 0.3) is 0 Å². The van der Waals surface area contributed by atoms with Gasteiger partial charge >= 0.3 is 0 Å². The molecule has 2 aromatic rings. The number of nitriles is 2. The molecular weight excluding hydrogens is 541 g/mol. The molecule has 0 amide bonds. The van der Waals surface area contributed by atoms with Gasteiger partial charge in [-0.25, -0.2) is 4.98 Å². The summed E-state index contributed by atoms with van der Waals surface area (Å²) in [4.78, 5) is 7.15. The molecule has 2 aliphatic rings. The van der Waals surface area contributed by atoms with Gasteiger partial charge in [-0.2, -0.15) is 10.5 Å². The Kier molecular flexibility index (Phi) is 9.92. The number of aromatic nitrogens is 1. The molecule has 3 heterocycles. The zero-order valence-electron chi connectivity index (χ0n) is 24.1. The molecule has 4 rings (SSSR count). The second-order valence-electron chi connectivity index (χ2n) is 11.8. The first-order valence-corrected chi connectivity index (χ1v) is 16.8. The van der Waals surface area contributed by atoms with Crippen LogP contribution in [0.1, 0.15) is 75.6 Å². The first-order chi connectivity index (χ1) is 19.1. The van der Waals surface area contributed by atoms with Crippen molar-refractivity contribution < 1.29 is 9.11 Å². The van der Waals surface area contributed by atoms with Crippen LogP contribution in [0.25, 0.3) is 0 Å². The summed E-state index contributed by atoms with van der Waals surface area (Å²) >= 11 is 1.52. The number of hydrogen-bond donors (Lipinski definition) is 3. The van der Waals surface area contributed by atoms with E-state index >= 15 is 0 Å². The van der Waals surface area contributed by atoms with Crippen molar-refractivity contribution in [2.45, 2.75) is 76.6 Å². The SMILES string of the molecule is CCc1c(C#N)c(SCc2ccc(N3CCCCS3(O)O)cc2)nc(N2CCC(NCC(C)(C)C)CC2)c1C#N. The molecule has 1 aromatic carbocycles. The van der Waals surface area contributed by atoms with Gasteiger partial charge in [0.05, 0.1) is 22.6 Å². The van der Waals surface area contributed by atoms with E-state index in [1.54, 1.807) is 4.31 Å². The van der Waals surface area contributed by atoms with Gasteiger partial charge in [-0.3, -0.25) is 13.4 Å². The first-order valence-electron chi connectivity index (χ1n) is 14.2. The number of nitrogens with one attached hydrogen (secondary N) is 1. The number of pyridine rings is 1. The molecule has 0 spiro atoms. The number of hydrogen-bond acceptors (Lipinski definition) is 9. The van der Waals surface area contributed by atoms with Gasteiger partial charge in [0.15, 0.2) is 0 Å². The summed E-state index contributed by atoms with van der Waals surface area (Å²) in [5.74, 6) is 1.73. The van der Waals surface area contributed by atoms with E-state index in [1.165, 1.54) is 11.8 Å². The van der Waals surface area contributed by atoms with E-state index in [2.05, 4.69) is 43.1 Å². The summed E-state index contributed by atoms with van der Waals surface area (Å²) in [7, 11) is -2.75. The lowest BCUT2D eigenvalue weighted by molar-refractivity contribution is 0.323. The largest absolute Gasteiger partial charge is 0.355 e. The lowest BCUT2D eigenvalue weighted by atomic mass is 9.95. The molecule has 10 heteroatoms. The summed E-state index contributed by atoms with van der Waals surface area (Å²) < 4.78 is 22.6. The fraction of sp³-hybridized carbons (Fsp3) is 0.567. The number of thioether (sulfide) groups is 1. The second kappa shape index (κ2) is 13.0. The quantitative estimate of drug-likeness (QED) is 0.298. The molecule has 0 bridgehead atoms. The van der Waals surface area contributed by atoms with Gasteiger partial charge in [0, 0.05) is 38.0 Å². The van der Waals surface area contributed by atoms with Crippen LogP contribution in [0, 0.1) is 28.1 Å². The second-order valence-corrected chi connectivity index (χ2v) is 14.9. The van der Waals surface area contributed by atoms with Gasteiger partial charge in [-0.05, 0) is 60.8 Å². The normalized spacial score (nSPS) is 18.7. The molecule has 0 radical (unpaired) electrons. The van der Waals surface area contributed by atoms with Crippen molar-refractivity contribution in [2.75, 3.05) is 41.1 Å². The average Bonchev–Trinajstić information content (AvgIpc) is 2.94. The van der Waals surface area contributed by atoms with Crippen LogP contribution in [-0.4, -0.2) is 52.1 Å². The zero-order valence-corrected chi connectivity index (χ0v) is 25.7. The number of piperidine rings is 1. The van der Waals surface area contributed by atoms with Gasteiger partial charge in [0.1, 0.15) is 23.0 Å². The number of anilines is 2. The van der Waals surface area contributed by atoms with Crippen molar-refractivity contribution in [3.05, 3.63) is 46.5 Å². The average molecular weight is 583 g/mol. The highest BCUT2D eigenvalue weighted by Crippen LogP contribution is 2.49. The van der Waals surface area contributed by atoms with E-state index in [-0.39, 0.29) is 5.41 Å². The van der Waals surface area contributed by atoms with Crippen LogP contribution >= 0.6 is 22.5 Å². The predicted octanol–water partition coefficient (Wildman–Crippen LogP) is 6.55. The molecule has 8 nitrogen and oxygen atoms in total. The molecule has 0 unspecified atom stereocenters. The minimum absolute atomic E-state index is 0.235. The molecule has 2 saturated heterocycles. The maximum atomic E-state index is 10.5. The minimum atomic E-state index is -2.75. The highest BCUT2D eigenvalue weighted by Gasteiger charge is 2.28. The van der Waals surface area contributed by atoms with E-state index in [9.17, 15) is 19.6 Å². The molecule has 0 aliphatic carbocycles. The Labute approximate surface area is 245 Å². The number of nitrogens with zero attached hydrogens (tertiary/aromatic N) is 5. The van der Waals surface area contributed by atoms with E-state index in [0.29, 0.717) is 52.5 Å². The molecule has 216 valence electrons. The van der Waals surface area contributed by atoms with Crippen LogP contribution < -0.4 is 14.5 Å². The van der Waals surface area contributed by atoms with Crippen LogP contribution in [0.15, 0.2) is 29.3 Å². The van der Waals surface area contributed by atoms with E-state index < -0.39 is 10.8 Å². The summed E-state index contributed by atoms with van der Waals surface area (Å²) in [5, 5.41) is 24.5. The Bertz CT molecular complexity index is 1260. The maximum absolute atomic E-state index is 10.5. The van der Waals surface area contributed by atoms with Crippen molar-refractivity contribution in [2.24, 2.45) is 5.41 Å². The molecule has 3 N–H and O–H groups in total. The molecule has 2 fully saturated rings. The smallest absolute Gasteiger partial charge is 0.148 e. The summed E-state index contributed by atoms with van der Waals surface area (Å²) in [5.41, 5.74) is 3.90. The summed E-state index contributed by atoms with van der Waals surface area (Å²) in [6.45, 7) is 11.9. The van der Waals surface area contributed by atoms with Crippen LogP contribution in [0.4, 0.5) is 11.5 Å². The van der Waals surface area contributed by atoms with Crippen molar-refractivity contribution in [3.8, 4) is 12.1 Å². The lowest BCUT2D eigenvalue weighted by Gasteiger charge is -2.47. The van der Waals surface area contributed by atoms with Crippen molar-refractivity contribution in [1.82, 2.24) is 10.3 Å². The third-order valence-electron chi connectivity index (χ3n) is 7.52. The summed E-state index contributed by atoms with van der Waals surface area (Å²) in [6.07, 6.45) is 4.35. The third kappa shape index (κ3) is 7.23. The van der Waals surface area contributed by atoms with E-state index in [4.69, 9.17) is 4.98 Å². The Morgan fingerprint density at radius 1 is 1.05 bits per heavy atom. The third-order valence-corrected chi connectivity index (χ3v) is 10.5. The lowest BCUT2D eigenvalue weighted by Crippen LogP contribution is -2.45. The van der Waals surface area contributed by atoms with Crippen LogP contribution in [0.5, 0.6) is 0 Å². The first kappa shape index (κ1) is 30.5. The topological polar surface area (TPSA) is 119 Å². The minimum Gasteiger partial charge on any atom is -0.355 e. The fourth-order valence-electron chi connectivity index (χ4n) is 5.28. The van der Waals surface area contributed by atoms with Gasteiger partial charge in [-0.1, -0.05) is 39.8 Å². The zero-order chi connectivity index (χ0) is 28.9. The number of rotatable bonds is 8. The Hall–Kier alpha value is -2.47. The standard InChI is InChI=1S/C30H42N6O2S2/c1-5-25-26(18-31)28(35-15-12-23(13-16-35)33-21-30(2,3)4)34-29(27(25)19-32)39-20-22-8-10-24(11-9-22)36-14-6-7-17-40(36,37)38/h8-11,23,33,37-38H,5-7,12-17,20-21H2,1-4H3. The van der Waals surface area contributed by atoms with Crippen molar-refractivity contribution in [3.63, 3.8) is 0 Å². The highest BCUT2D eigenvalue weighted by atomic mass is 32.3. The fourth-order valence-corrected chi connectivity index (χ4v) is 7.93. The Balaban J connectivity index is 1.51. The molecule has 2 aliphatic heterocycles. The van der Waals surface area contributed by atoms with Gasteiger partial charge < -0.3 is 10.2 Å². The van der Waals surface area contributed by atoms with E-state index in [0.717, 1.165) is 62.1 Å². The molecule has 0 atom stereocenters. The molecular formula is C30H42N6O2S2. The summed E-state index contributed by atoms with van der Waals surface area (Å²) in [6, 6.07) is 13.0. The van der Waals surface area contributed by atoms with Crippen molar-refractivity contribution >= 4 is 34.0 Å². The molecule has 40 heavy (non-hydrogen) atoms. The van der Waals surface area contributed by atoms with Crippen LogP contribution in [-0.2, 0) is 12.2 Å². The van der Waals surface area contributed by atoms with Crippen LogP contribution in [0.3, 0.4) is 0 Å². The number of benzene rings is 1. The Morgan fingerprint density at radius 2 is 1.73 bits per heavy atom. The van der Waals surface area contributed by atoms with E-state index in [1.807, 2.05) is 31.2 Å². The molecule has 0 saturated carbocycles. The monoisotopic (exact) mass is 582 g/mol. The van der Waals surface area contributed by atoms with Crippen molar-refractivity contribution in [1.29, 1.82) is 10.5 Å².